The Morgan fingerprint density at radius 3 is 2.91 bits per heavy atom. The molecule has 2 aromatic heterocycles. The van der Waals surface area contributed by atoms with Gasteiger partial charge in [0.15, 0.2) is 0 Å². The van der Waals surface area contributed by atoms with Crippen LogP contribution in [0.2, 0.25) is 0 Å². The van der Waals surface area contributed by atoms with Crippen molar-refractivity contribution in [1.29, 1.82) is 0 Å². The highest BCUT2D eigenvalue weighted by Gasteiger charge is 2.34. The van der Waals surface area contributed by atoms with Crippen LogP contribution >= 0.6 is 11.3 Å². The molecule has 0 aromatic carbocycles. The molecule has 120 valence electrons. The molecule has 1 amide bonds. The van der Waals surface area contributed by atoms with Crippen molar-refractivity contribution in [2.75, 3.05) is 6.54 Å². The summed E-state index contributed by atoms with van der Waals surface area (Å²) < 4.78 is 7.68. The van der Waals surface area contributed by atoms with Gasteiger partial charge in [0.2, 0.25) is 0 Å². The van der Waals surface area contributed by atoms with Gasteiger partial charge in [-0.2, -0.15) is 0 Å². The first-order chi connectivity index (χ1) is 10.4. The van der Waals surface area contributed by atoms with Gasteiger partial charge >= 0.3 is 6.09 Å². The van der Waals surface area contributed by atoms with Crippen LogP contribution in [0.5, 0.6) is 0 Å². The lowest BCUT2D eigenvalue weighted by atomic mass is 10.0. The maximum atomic E-state index is 12.6. The third kappa shape index (κ3) is 2.84. The Balaban J connectivity index is 1.93. The Kier molecular flexibility index (Phi) is 3.89. The van der Waals surface area contributed by atoms with E-state index in [0.717, 1.165) is 42.2 Å². The molecule has 0 saturated carbocycles. The van der Waals surface area contributed by atoms with Gasteiger partial charge in [0.25, 0.3) is 0 Å². The molecule has 1 fully saturated rings. The fourth-order valence-corrected chi connectivity index (χ4v) is 3.89. The number of hydrogen-bond acceptors (Lipinski definition) is 4. The Hall–Kier alpha value is -1.56. The van der Waals surface area contributed by atoms with E-state index >= 15 is 0 Å². The summed E-state index contributed by atoms with van der Waals surface area (Å²) in [7, 11) is 0. The van der Waals surface area contributed by atoms with Crippen LogP contribution in [0.25, 0.3) is 4.83 Å². The molecule has 3 rings (SSSR count). The minimum absolute atomic E-state index is 0.0194. The Labute approximate surface area is 134 Å². The molecule has 1 saturated heterocycles. The number of imidazole rings is 1. The molecule has 0 radical (unpaired) electrons. The van der Waals surface area contributed by atoms with Crippen molar-refractivity contribution in [1.82, 2.24) is 14.3 Å². The minimum Gasteiger partial charge on any atom is -0.444 e. The second-order valence-electron chi connectivity index (χ2n) is 6.81. The molecule has 0 aliphatic carbocycles. The number of hydrogen-bond donors (Lipinski definition) is 0. The summed E-state index contributed by atoms with van der Waals surface area (Å²) in [5.74, 6) is 0.973. The predicted octanol–water partition coefficient (Wildman–Crippen LogP) is 4.17. The number of rotatable bonds is 1. The number of carbonyl (C=O) groups is 1. The highest BCUT2D eigenvalue weighted by molar-refractivity contribution is 7.15. The fourth-order valence-electron chi connectivity index (χ4n) is 2.97. The molecule has 3 heterocycles. The summed E-state index contributed by atoms with van der Waals surface area (Å²) in [4.78, 5) is 20.3. The van der Waals surface area contributed by atoms with Gasteiger partial charge in [0, 0.05) is 18.1 Å². The lowest BCUT2D eigenvalue weighted by Gasteiger charge is -2.36. The number of aromatic nitrogens is 2. The Morgan fingerprint density at radius 1 is 1.41 bits per heavy atom. The number of aryl methyl sites for hydroxylation is 1. The average molecular weight is 321 g/mol. The number of nitrogens with zero attached hydrogens (tertiary/aromatic N) is 3. The maximum absolute atomic E-state index is 12.6. The monoisotopic (exact) mass is 321 g/mol. The second kappa shape index (κ2) is 5.57. The molecule has 22 heavy (non-hydrogen) atoms. The van der Waals surface area contributed by atoms with E-state index in [2.05, 4.69) is 9.78 Å². The first kappa shape index (κ1) is 15.3. The van der Waals surface area contributed by atoms with Crippen LogP contribution in [0.4, 0.5) is 4.79 Å². The van der Waals surface area contributed by atoms with Crippen LogP contribution in [0.15, 0.2) is 11.6 Å². The van der Waals surface area contributed by atoms with Crippen molar-refractivity contribution in [2.24, 2.45) is 0 Å². The summed E-state index contributed by atoms with van der Waals surface area (Å²) in [6.45, 7) is 8.46. The zero-order valence-corrected chi connectivity index (χ0v) is 14.4. The normalized spacial score (nSPS) is 19.6. The van der Waals surface area contributed by atoms with E-state index in [1.807, 2.05) is 38.8 Å². The summed E-state index contributed by atoms with van der Waals surface area (Å²) >= 11 is 1.68. The van der Waals surface area contributed by atoms with Crippen molar-refractivity contribution in [3.8, 4) is 0 Å². The lowest BCUT2D eigenvalue weighted by molar-refractivity contribution is 0.00924. The minimum atomic E-state index is -0.471. The van der Waals surface area contributed by atoms with Gasteiger partial charge < -0.3 is 4.74 Å². The molecule has 0 unspecified atom stereocenters. The number of amides is 1. The molecule has 0 bridgehead atoms. The van der Waals surface area contributed by atoms with E-state index in [0.29, 0.717) is 0 Å². The molecule has 1 aliphatic rings. The molecule has 1 aliphatic heterocycles. The third-order valence-corrected chi connectivity index (χ3v) is 4.79. The van der Waals surface area contributed by atoms with Crippen molar-refractivity contribution in [3.05, 3.63) is 23.1 Å². The zero-order chi connectivity index (χ0) is 15.9. The number of likely N-dealkylation sites (tertiary alicyclic amines) is 1. The maximum Gasteiger partial charge on any atom is 0.410 e. The van der Waals surface area contributed by atoms with Gasteiger partial charge in [-0.25, -0.2) is 9.78 Å². The Bertz CT molecular complexity index is 683. The first-order valence-corrected chi connectivity index (χ1v) is 8.66. The van der Waals surface area contributed by atoms with Crippen molar-refractivity contribution >= 4 is 22.3 Å². The van der Waals surface area contributed by atoms with Crippen LogP contribution in [0, 0.1) is 6.92 Å². The zero-order valence-electron chi connectivity index (χ0n) is 13.6. The summed E-state index contributed by atoms with van der Waals surface area (Å²) in [6, 6.07) is 0.0194. The summed E-state index contributed by atoms with van der Waals surface area (Å²) in [5, 5.41) is 2.06. The van der Waals surface area contributed by atoms with Crippen molar-refractivity contribution < 1.29 is 9.53 Å². The van der Waals surface area contributed by atoms with Gasteiger partial charge in [0.05, 0.1) is 11.7 Å². The number of ether oxygens (including phenoxy) is 1. The molecular formula is C16H23N3O2S. The van der Waals surface area contributed by atoms with Crippen molar-refractivity contribution in [2.45, 2.75) is 58.6 Å². The predicted molar refractivity (Wildman–Crippen MR) is 87.3 cm³/mol. The van der Waals surface area contributed by atoms with E-state index in [4.69, 9.17) is 9.72 Å². The highest BCUT2D eigenvalue weighted by Crippen LogP contribution is 2.35. The number of fused-ring (bicyclic) bond motifs is 1. The van der Waals surface area contributed by atoms with Crippen LogP contribution in [0.1, 0.15) is 57.6 Å². The first-order valence-electron chi connectivity index (χ1n) is 7.78. The summed E-state index contributed by atoms with van der Waals surface area (Å²) in [5.41, 5.74) is 0.541. The van der Waals surface area contributed by atoms with E-state index in [1.165, 1.54) is 0 Å². The molecule has 2 aromatic rings. The van der Waals surface area contributed by atoms with Crippen LogP contribution in [0.3, 0.4) is 0 Å². The number of piperidine rings is 1. The lowest BCUT2D eigenvalue weighted by Crippen LogP contribution is -2.42. The van der Waals surface area contributed by atoms with E-state index in [9.17, 15) is 4.79 Å². The van der Waals surface area contributed by atoms with Gasteiger partial charge in [-0.1, -0.05) is 0 Å². The van der Waals surface area contributed by atoms with E-state index in [1.54, 1.807) is 11.3 Å². The van der Waals surface area contributed by atoms with Crippen LogP contribution < -0.4 is 0 Å². The van der Waals surface area contributed by atoms with Gasteiger partial charge in [0.1, 0.15) is 16.3 Å². The molecule has 0 N–H and O–H groups in total. The summed E-state index contributed by atoms with van der Waals surface area (Å²) in [6.07, 6.45) is 4.90. The third-order valence-electron chi connectivity index (χ3n) is 3.90. The van der Waals surface area contributed by atoms with E-state index < -0.39 is 5.60 Å². The van der Waals surface area contributed by atoms with Gasteiger partial charge in [-0.05, 0) is 47.0 Å². The molecule has 1 atom stereocenters. The van der Waals surface area contributed by atoms with Crippen LogP contribution in [-0.2, 0) is 4.74 Å². The number of carbonyl (C=O) groups excluding carboxylic acids is 1. The quantitative estimate of drug-likeness (QED) is 0.792. The Morgan fingerprint density at radius 2 is 2.18 bits per heavy atom. The van der Waals surface area contributed by atoms with Crippen LogP contribution in [-0.4, -0.2) is 32.5 Å². The SMILES string of the molecule is Cc1nc([C@@H]2CCCCN2C(=O)OC(C)(C)C)c2sccn12. The molecule has 5 nitrogen and oxygen atoms in total. The molecular weight excluding hydrogens is 298 g/mol. The van der Waals surface area contributed by atoms with Crippen molar-refractivity contribution in [3.63, 3.8) is 0 Å². The van der Waals surface area contributed by atoms with E-state index in [-0.39, 0.29) is 12.1 Å². The smallest absolute Gasteiger partial charge is 0.410 e. The standard InChI is InChI=1S/C16H23N3O2S/c1-11-17-13(14-18(11)9-10-22-14)12-7-5-6-8-19(12)15(20)21-16(2,3)4/h9-10,12H,5-8H2,1-4H3/t12-/m0/s1. The van der Waals surface area contributed by atoms with Gasteiger partial charge in [-0.3, -0.25) is 9.30 Å². The molecule has 6 heteroatoms. The van der Waals surface area contributed by atoms with Gasteiger partial charge in [-0.15, -0.1) is 11.3 Å². The highest BCUT2D eigenvalue weighted by atomic mass is 32.1. The number of thiazole rings is 1. The largest absolute Gasteiger partial charge is 0.444 e. The average Bonchev–Trinajstić information content (AvgIpc) is 3.01. The fraction of sp³-hybridized carbons (Fsp3) is 0.625. The second-order valence-corrected chi connectivity index (χ2v) is 7.70. The molecule has 0 spiro atoms. The topological polar surface area (TPSA) is 46.8 Å².